The zero-order valence-corrected chi connectivity index (χ0v) is 11.5. The first-order chi connectivity index (χ1) is 9.63. The average molecular weight is 275 g/mol. The summed E-state index contributed by atoms with van der Waals surface area (Å²) in [5, 5.41) is 4.06. The Hall–Kier alpha value is -1.91. The zero-order valence-electron chi connectivity index (χ0n) is 11.5. The Labute approximate surface area is 117 Å². The number of benzene rings is 1. The number of hydrogen-bond acceptors (Lipinski definition) is 4. The number of halogens is 1. The van der Waals surface area contributed by atoms with Gasteiger partial charge in [-0.1, -0.05) is 24.9 Å². The Bertz CT molecular complexity index is 611. The average Bonchev–Trinajstić information content (AvgIpc) is 2.92. The molecule has 5 heteroatoms. The molecule has 0 spiro atoms. The molecule has 1 saturated carbocycles. The van der Waals surface area contributed by atoms with Gasteiger partial charge in [0.1, 0.15) is 5.82 Å². The van der Waals surface area contributed by atoms with E-state index in [1.165, 1.54) is 25.0 Å². The number of nitrogens with zero attached hydrogens (tertiary/aromatic N) is 2. The van der Waals surface area contributed by atoms with Gasteiger partial charge >= 0.3 is 0 Å². The predicted octanol–water partition coefficient (Wildman–Crippen LogP) is 3.75. The number of anilines is 1. The largest absolute Gasteiger partial charge is 0.396 e. The Kier molecular flexibility index (Phi) is 3.42. The fraction of sp³-hybridized carbons (Fsp3) is 0.467. The summed E-state index contributed by atoms with van der Waals surface area (Å²) in [4.78, 5) is 4.42. The third kappa shape index (κ3) is 2.53. The molecule has 1 aliphatic rings. The van der Waals surface area contributed by atoms with Crippen LogP contribution in [0.1, 0.15) is 44.3 Å². The number of aromatic nitrogens is 2. The molecule has 106 valence electrons. The van der Waals surface area contributed by atoms with E-state index in [-0.39, 0.29) is 5.69 Å². The second-order valence-electron chi connectivity index (χ2n) is 5.66. The highest BCUT2D eigenvalue weighted by Crippen LogP contribution is 2.35. The van der Waals surface area contributed by atoms with Crippen LogP contribution in [-0.2, 0) is 0 Å². The molecule has 2 unspecified atom stereocenters. The molecule has 0 amide bonds. The highest BCUT2D eigenvalue weighted by molar-refractivity contribution is 5.57. The molecule has 1 aromatic heterocycles. The van der Waals surface area contributed by atoms with Gasteiger partial charge in [0, 0.05) is 11.5 Å². The Morgan fingerprint density at radius 3 is 2.95 bits per heavy atom. The highest BCUT2D eigenvalue weighted by atomic mass is 19.1. The van der Waals surface area contributed by atoms with Crippen molar-refractivity contribution >= 4 is 5.69 Å². The smallest absolute Gasteiger partial charge is 0.258 e. The van der Waals surface area contributed by atoms with Gasteiger partial charge in [0.2, 0.25) is 0 Å². The minimum atomic E-state index is -0.464. The molecule has 2 atom stereocenters. The van der Waals surface area contributed by atoms with Crippen molar-refractivity contribution in [2.45, 2.75) is 38.5 Å². The normalized spacial score (nSPS) is 22.9. The fourth-order valence-corrected chi connectivity index (χ4v) is 2.85. The van der Waals surface area contributed by atoms with Crippen molar-refractivity contribution in [1.82, 2.24) is 10.1 Å². The fourth-order valence-electron chi connectivity index (χ4n) is 2.85. The summed E-state index contributed by atoms with van der Waals surface area (Å²) < 4.78 is 18.7. The zero-order chi connectivity index (χ0) is 14.1. The Morgan fingerprint density at radius 2 is 2.20 bits per heavy atom. The lowest BCUT2D eigenvalue weighted by Gasteiger charge is -2.23. The summed E-state index contributed by atoms with van der Waals surface area (Å²) in [7, 11) is 0. The summed E-state index contributed by atoms with van der Waals surface area (Å²) in [6.07, 6.45) is 4.66. The van der Waals surface area contributed by atoms with Crippen LogP contribution in [0.25, 0.3) is 11.5 Å². The van der Waals surface area contributed by atoms with Gasteiger partial charge in [-0.05, 0) is 37.0 Å². The summed E-state index contributed by atoms with van der Waals surface area (Å²) in [5.41, 5.74) is 6.15. The maximum absolute atomic E-state index is 13.5. The van der Waals surface area contributed by atoms with Crippen molar-refractivity contribution in [3.63, 3.8) is 0 Å². The monoisotopic (exact) mass is 275 g/mol. The van der Waals surface area contributed by atoms with Crippen molar-refractivity contribution < 1.29 is 8.91 Å². The van der Waals surface area contributed by atoms with Crippen LogP contribution in [0.15, 0.2) is 22.7 Å². The maximum Gasteiger partial charge on any atom is 0.258 e. The SMILES string of the molecule is CC1CCCC(c2noc(-c3ccc(N)c(F)c3)n2)C1. The quantitative estimate of drug-likeness (QED) is 0.848. The van der Waals surface area contributed by atoms with Crippen LogP contribution in [0.5, 0.6) is 0 Å². The van der Waals surface area contributed by atoms with E-state index in [9.17, 15) is 4.39 Å². The summed E-state index contributed by atoms with van der Waals surface area (Å²) >= 11 is 0. The second-order valence-corrected chi connectivity index (χ2v) is 5.66. The van der Waals surface area contributed by atoms with Gasteiger partial charge < -0.3 is 10.3 Å². The highest BCUT2D eigenvalue weighted by Gasteiger charge is 2.25. The van der Waals surface area contributed by atoms with Gasteiger partial charge in [0.25, 0.3) is 5.89 Å². The van der Waals surface area contributed by atoms with Crippen LogP contribution in [-0.4, -0.2) is 10.1 Å². The van der Waals surface area contributed by atoms with E-state index in [0.717, 1.165) is 18.7 Å². The second kappa shape index (κ2) is 5.23. The lowest BCUT2D eigenvalue weighted by Crippen LogP contribution is -2.12. The molecule has 20 heavy (non-hydrogen) atoms. The van der Waals surface area contributed by atoms with E-state index in [1.54, 1.807) is 6.07 Å². The molecular formula is C15H18FN3O. The molecule has 0 saturated heterocycles. The third-order valence-electron chi connectivity index (χ3n) is 3.99. The Morgan fingerprint density at radius 1 is 1.35 bits per heavy atom. The molecule has 3 rings (SSSR count). The molecule has 1 aromatic carbocycles. The van der Waals surface area contributed by atoms with E-state index in [1.807, 2.05) is 0 Å². The van der Waals surface area contributed by atoms with Gasteiger partial charge in [-0.2, -0.15) is 4.98 Å². The number of hydrogen-bond donors (Lipinski definition) is 1. The van der Waals surface area contributed by atoms with E-state index in [0.29, 0.717) is 23.3 Å². The van der Waals surface area contributed by atoms with Crippen LogP contribution in [0.2, 0.25) is 0 Å². The number of nitrogens with two attached hydrogens (primary N) is 1. The molecule has 1 fully saturated rings. The van der Waals surface area contributed by atoms with Crippen molar-refractivity contribution in [2.75, 3.05) is 5.73 Å². The lowest BCUT2D eigenvalue weighted by atomic mass is 9.82. The minimum absolute atomic E-state index is 0.120. The third-order valence-corrected chi connectivity index (χ3v) is 3.99. The first-order valence-electron chi connectivity index (χ1n) is 7.02. The molecule has 2 N–H and O–H groups in total. The molecule has 4 nitrogen and oxygen atoms in total. The van der Waals surface area contributed by atoms with E-state index >= 15 is 0 Å². The lowest BCUT2D eigenvalue weighted by molar-refractivity contribution is 0.324. The Balaban J connectivity index is 1.84. The first-order valence-corrected chi connectivity index (χ1v) is 7.02. The van der Waals surface area contributed by atoms with Crippen LogP contribution >= 0.6 is 0 Å². The summed E-state index contributed by atoms with van der Waals surface area (Å²) in [5.74, 6) is 1.69. The van der Waals surface area contributed by atoms with Crippen molar-refractivity contribution in [1.29, 1.82) is 0 Å². The van der Waals surface area contributed by atoms with E-state index in [4.69, 9.17) is 10.3 Å². The topological polar surface area (TPSA) is 64.9 Å². The summed E-state index contributed by atoms with van der Waals surface area (Å²) in [6.45, 7) is 2.25. The van der Waals surface area contributed by atoms with Gasteiger partial charge in [0.15, 0.2) is 5.82 Å². The maximum atomic E-state index is 13.5. The van der Waals surface area contributed by atoms with Gasteiger partial charge in [-0.3, -0.25) is 0 Å². The van der Waals surface area contributed by atoms with Gasteiger partial charge in [-0.15, -0.1) is 0 Å². The van der Waals surface area contributed by atoms with Crippen molar-refractivity contribution in [3.8, 4) is 11.5 Å². The molecule has 1 aliphatic carbocycles. The van der Waals surface area contributed by atoms with E-state index < -0.39 is 5.82 Å². The van der Waals surface area contributed by atoms with Crippen LogP contribution in [0, 0.1) is 11.7 Å². The molecule has 0 bridgehead atoms. The molecule has 0 radical (unpaired) electrons. The molecule has 0 aliphatic heterocycles. The minimum Gasteiger partial charge on any atom is -0.396 e. The number of rotatable bonds is 2. The van der Waals surface area contributed by atoms with E-state index in [2.05, 4.69) is 17.1 Å². The number of nitrogen functional groups attached to an aromatic ring is 1. The van der Waals surface area contributed by atoms with Gasteiger partial charge in [-0.25, -0.2) is 4.39 Å². The van der Waals surface area contributed by atoms with Crippen LogP contribution in [0.4, 0.5) is 10.1 Å². The predicted molar refractivity (Wildman–Crippen MR) is 74.5 cm³/mol. The van der Waals surface area contributed by atoms with Gasteiger partial charge in [0.05, 0.1) is 5.69 Å². The first kappa shape index (κ1) is 13.1. The standard InChI is InChI=1S/C15H18FN3O/c1-9-3-2-4-10(7-9)14-18-15(20-19-14)11-5-6-13(17)12(16)8-11/h5-6,8-10H,2-4,7,17H2,1H3. The van der Waals surface area contributed by atoms with Crippen LogP contribution in [0.3, 0.4) is 0 Å². The van der Waals surface area contributed by atoms with Crippen molar-refractivity contribution in [3.05, 3.63) is 29.8 Å². The van der Waals surface area contributed by atoms with Crippen molar-refractivity contribution in [2.24, 2.45) is 5.92 Å². The van der Waals surface area contributed by atoms with Crippen LogP contribution < -0.4 is 5.73 Å². The molecule has 1 heterocycles. The molecular weight excluding hydrogens is 257 g/mol. The summed E-state index contributed by atoms with van der Waals surface area (Å²) in [6, 6.07) is 4.53. The molecule has 2 aromatic rings.